The van der Waals surface area contributed by atoms with E-state index in [0.717, 1.165) is 34.2 Å². The molecule has 0 bridgehead atoms. The minimum absolute atomic E-state index is 0.306. The van der Waals surface area contributed by atoms with E-state index in [1.54, 1.807) is 6.07 Å². The molecule has 0 saturated heterocycles. The summed E-state index contributed by atoms with van der Waals surface area (Å²) in [5, 5.41) is 0. The van der Waals surface area contributed by atoms with Crippen molar-refractivity contribution in [2.75, 3.05) is 7.11 Å². The number of carbonyl (C=O) groups is 1. The second kappa shape index (κ2) is 8.73. The molecule has 0 spiro atoms. The molecule has 0 N–H and O–H groups in total. The van der Waals surface area contributed by atoms with Crippen LogP contribution in [0.4, 0.5) is 4.79 Å². The third-order valence-corrected chi connectivity index (χ3v) is 4.37. The van der Waals surface area contributed by atoms with E-state index in [1.807, 2.05) is 37.3 Å². The van der Waals surface area contributed by atoms with Crippen LogP contribution in [-0.2, 0) is 24.2 Å². The average molecular weight is 393 g/mol. The molecule has 0 aliphatic carbocycles. The van der Waals surface area contributed by atoms with Crippen LogP contribution in [0.15, 0.2) is 40.9 Å². The maximum absolute atomic E-state index is 11.4. The van der Waals surface area contributed by atoms with Crippen LogP contribution >= 0.6 is 15.9 Å². The lowest BCUT2D eigenvalue weighted by atomic mass is 10.0. The lowest BCUT2D eigenvalue weighted by Gasteiger charge is -2.15. The van der Waals surface area contributed by atoms with Gasteiger partial charge in [-0.3, -0.25) is 0 Å². The maximum atomic E-state index is 11.4. The Morgan fingerprint density at radius 3 is 2.50 bits per heavy atom. The molecule has 128 valence electrons. The van der Waals surface area contributed by atoms with Crippen molar-refractivity contribution in [2.45, 2.75) is 33.3 Å². The van der Waals surface area contributed by atoms with Gasteiger partial charge in [-0.2, -0.15) is 0 Å². The van der Waals surface area contributed by atoms with Crippen molar-refractivity contribution in [3.05, 3.63) is 57.6 Å². The predicted octanol–water partition coefficient (Wildman–Crippen LogP) is 5.30. The SMILES string of the molecule is CCc1ccc(OCc2c(CC)cccc2OC(=O)OC)c(Br)c1. The minimum Gasteiger partial charge on any atom is -0.488 e. The molecule has 5 heteroatoms. The van der Waals surface area contributed by atoms with Crippen molar-refractivity contribution in [1.29, 1.82) is 0 Å². The number of carbonyl (C=O) groups excluding carboxylic acids is 1. The maximum Gasteiger partial charge on any atom is 0.513 e. The van der Waals surface area contributed by atoms with Crippen LogP contribution in [0.5, 0.6) is 11.5 Å². The summed E-state index contributed by atoms with van der Waals surface area (Å²) in [5.41, 5.74) is 3.15. The summed E-state index contributed by atoms with van der Waals surface area (Å²) in [6, 6.07) is 11.6. The van der Waals surface area contributed by atoms with Gasteiger partial charge >= 0.3 is 6.16 Å². The number of aryl methyl sites for hydroxylation is 2. The molecule has 0 radical (unpaired) electrons. The van der Waals surface area contributed by atoms with Crippen LogP contribution in [0.2, 0.25) is 0 Å². The molecule has 0 amide bonds. The number of hydrogen-bond acceptors (Lipinski definition) is 4. The molecule has 0 aliphatic rings. The first-order chi connectivity index (χ1) is 11.6. The molecule has 4 nitrogen and oxygen atoms in total. The average Bonchev–Trinajstić information content (AvgIpc) is 2.60. The summed E-state index contributed by atoms with van der Waals surface area (Å²) >= 11 is 3.54. The molecule has 2 aromatic rings. The second-order valence-corrected chi connectivity index (χ2v) is 6.06. The van der Waals surface area contributed by atoms with Crippen LogP contribution in [0.1, 0.15) is 30.5 Å². The van der Waals surface area contributed by atoms with Crippen molar-refractivity contribution >= 4 is 22.1 Å². The van der Waals surface area contributed by atoms with Crippen LogP contribution in [0, 0.1) is 0 Å². The highest BCUT2D eigenvalue weighted by atomic mass is 79.9. The number of rotatable bonds is 6. The molecule has 0 fully saturated rings. The number of halogens is 1. The van der Waals surface area contributed by atoms with Crippen LogP contribution < -0.4 is 9.47 Å². The smallest absolute Gasteiger partial charge is 0.488 e. The van der Waals surface area contributed by atoms with Gasteiger partial charge in [-0.15, -0.1) is 0 Å². The van der Waals surface area contributed by atoms with E-state index in [2.05, 4.69) is 27.6 Å². The van der Waals surface area contributed by atoms with Gasteiger partial charge in [-0.1, -0.05) is 32.0 Å². The van der Waals surface area contributed by atoms with Crippen molar-refractivity contribution < 1.29 is 19.0 Å². The third kappa shape index (κ3) is 4.51. The Hall–Kier alpha value is -2.01. The molecule has 2 rings (SSSR count). The van der Waals surface area contributed by atoms with Crippen LogP contribution in [0.3, 0.4) is 0 Å². The number of benzene rings is 2. The highest BCUT2D eigenvalue weighted by Crippen LogP contribution is 2.30. The Morgan fingerprint density at radius 2 is 1.88 bits per heavy atom. The van der Waals surface area contributed by atoms with Crippen LogP contribution in [0.25, 0.3) is 0 Å². The van der Waals surface area contributed by atoms with E-state index in [-0.39, 0.29) is 0 Å². The highest BCUT2D eigenvalue weighted by Gasteiger charge is 2.14. The van der Waals surface area contributed by atoms with Gasteiger partial charge in [0.15, 0.2) is 0 Å². The van der Waals surface area contributed by atoms with Gasteiger partial charge in [0.25, 0.3) is 0 Å². The van der Waals surface area contributed by atoms with Crippen LogP contribution in [-0.4, -0.2) is 13.3 Å². The molecule has 24 heavy (non-hydrogen) atoms. The van der Waals surface area contributed by atoms with Gasteiger partial charge in [-0.25, -0.2) is 4.79 Å². The Labute approximate surface area is 150 Å². The molecule has 0 atom stereocenters. The van der Waals surface area contributed by atoms with E-state index in [9.17, 15) is 4.79 Å². The number of ether oxygens (including phenoxy) is 3. The quantitative estimate of drug-likeness (QED) is 0.494. The summed E-state index contributed by atoms with van der Waals surface area (Å²) in [5.74, 6) is 1.21. The Balaban J connectivity index is 2.23. The fourth-order valence-corrected chi connectivity index (χ4v) is 2.91. The molecular weight excluding hydrogens is 372 g/mol. The molecule has 0 aliphatic heterocycles. The van der Waals surface area contributed by atoms with Gasteiger partial charge < -0.3 is 14.2 Å². The van der Waals surface area contributed by atoms with E-state index in [4.69, 9.17) is 9.47 Å². The van der Waals surface area contributed by atoms with Gasteiger partial charge in [0.2, 0.25) is 0 Å². The van der Waals surface area contributed by atoms with E-state index >= 15 is 0 Å². The molecule has 2 aromatic carbocycles. The van der Waals surface area contributed by atoms with Crippen molar-refractivity contribution in [2.24, 2.45) is 0 Å². The predicted molar refractivity (Wildman–Crippen MR) is 96.7 cm³/mol. The summed E-state index contributed by atoms with van der Waals surface area (Å²) in [6.07, 6.45) is 1.04. The normalized spacial score (nSPS) is 10.3. The van der Waals surface area contributed by atoms with Gasteiger partial charge in [0.1, 0.15) is 18.1 Å². The summed E-state index contributed by atoms with van der Waals surface area (Å²) in [7, 11) is 1.29. The zero-order chi connectivity index (χ0) is 17.5. The molecule has 0 saturated carbocycles. The highest BCUT2D eigenvalue weighted by molar-refractivity contribution is 9.10. The Bertz CT molecular complexity index is 713. The first kappa shape index (κ1) is 18.3. The van der Waals surface area contributed by atoms with Crippen molar-refractivity contribution in [1.82, 2.24) is 0 Å². The zero-order valence-electron chi connectivity index (χ0n) is 14.1. The van der Waals surface area contributed by atoms with E-state index in [0.29, 0.717) is 12.4 Å². The standard InChI is InChI=1S/C19H21BrO4/c1-4-13-9-10-18(16(20)11-13)23-12-15-14(5-2)7-6-8-17(15)24-19(21)22-3/h6-11H,4-5,12H2,1-3H3. The topological polar surface area (TPSA) is 44.8 Å². The fraction of sp³-hybridized carbons (Fsp3) is 0.316. The Kier molecular flexibility index (Phi) is 6.67. The molecule has 0 unspecified atom stereocenters. The van der Waals surface area contributed by atoms with Gasteiger partial charge in [0.05, 0.1) is 11.6 Å². The second-order valence-electron chi connectivity index (χ2n) is 5.21. The van der Waals surface area contributed by atoms with Gasteiger partial charge in [-0.05, 0) is 58.1 Å². The Morgan fingerprint density at radius 1 is 1.08 bits per heavy atom. The lowest BCUT2D eigenvalue weighted by Crippen LogP contribution is -2.11. The van der Waals surface area contributed by atoms with E-state index < -0.39 is 6.16 Å². The largest absolute Gasteiger partial charge is 0.513 e. The zero-order valence-corrected chi connectivity index (χ0v) is 15.7. The first-order valence-corrected chi connectivity index (χ1v) is 8.66. The summed E-state index contributed by atoms with van der Waals surface area (Å²) in [4.78, 5) is 11.4. The van der Waals surface area contributed by atoms with Crippen molar-refractivity contribution in [3.8, 4) is 11.5 Å². The summed E-state index contributed by atoms with van der Waals surface area (Å²) < 4.78 is 16.7. The number of hydrogen-bond donors (Lipinski definition) is 0. The monoisotopic (exact) mass is 392 g/mol. The fourth-order valence-electron chi connectivity index (χ4n) is 2.36. The van der Waals surface area contributed by atoms with E-state index in [1.165, 1.54) is 12.7 Å². The lowest BCUT2D eigenvalue weighted by molar-refractivity contribution is 0.120. The summed E-state index contributed by atoms with van der Waals surface area (Å²) in [6.45, 7) is 4.46. The number of methoxy groups -OCH3 is 1. The van der Waals surface area contributed by atoms with Crippen molar-refractivity contribution in [3.63, 3.8) is 0 Å². The molecule has 0 heterocycles. The third-order valence-electron chi connectivity index (χ3n) is 3.75. The molecular formula is C19H21BrO4. The minimum atomic E-state index is -0.738. The molecule has 0 aromatic heterocycles. The van der Waals surface area contributed by atoms with Gasteiger partial charge in [0, 0.05) is 5.56 Å². The first-order valence-electron chi connectivity index (χ1n) is 7.86.